The first-order valence-electron chi connectivity index (χ1n) is 9.72. The lowest BCUT2D eigenvalue weighted by atomic mass is 10.1. The van der Waals surface area contributed by atoms with Crippen molar-refractivity contribution in [2.24, 2.45) is 10.9 Å². The van der Waals surface area contributed by atoms with E-state index < -0.39 is 0 Å². The van der Waals surface area contributed by atoms with E-state index in [1.54, 1.807) is 14.2 Å². The minimum Gasteiger partial charge on any atom is -0.496 e. The number of nitrogens with one attached hydrogen (secondary N) is 2. The predicted octanol–water partition coefficient (Wildman–Crippen LogP) is 2.35. The lowest BCUT2D eigenvalue weighted by Gasteiger charge is -2.34. The SMILES string of the molecule is CN=C(NCc1ncc(C)c(OC)c1C)NCC1CN(CC(C)C)CCO1.I. The van der Waals surface area contributed by atoms with Crippen LogP contribution in [0.15, 0.2) is 11.2 Å². The predicted molar refractivity (Wildman–Crippen MR) is 125 cm³/mol. The van der Waals surface area contributed by atoms with E-state index in [-0.39, 0.29) is 30.1 Å². The Bertz CT molecular complexity index is 639. The monoisotopic (exact) mass is 505 g/mol. The van der Waals surface area contributed by atoms with Crippen LogP contribution in [0.3, 0.4) is 0 Å². The van der Waals surface area contributed by atoms with Gasteiger partial charge in [0.25, 0.3) is 0 Å². The molecule has 2 heterocycles. The topological polar surface area (TPSA) is 71.0 Å². The van der Waals surface area contributed by atoms with E-state index >= 15 is 0 Å². The van der Waals surface area contributed by atoms with Gasteiger partial charge in [0.2, 0.25) is 0 Å². The van der Waals surface area contributed by atoms with E-state index in [0.29, 0.717) is 12.5 Å². The van der Waals surface area contributed by atoms with E-state index in [2.05, 4.69) is 39.4 Å². The van der Waals surface area contributed by atoms with Gasteiger partial charge in [-0.15, -0.1) is 24.0 Å². The molecular formula is C20H36IN5O2. The Balaban J connectivity index is 0.00000392. The van der Waals surface area contributed by atoms with Gasteiger partial charge in [0, 0.05) is 50.6 Å². The minimum absolute atomic E-state index is 0. The molecular weight excluding hydrogens is 469 g/mol. The second-order valence-corrected chi connectivity index (χ2v) is 7.50. The van der Waals surface area contributed by atoms with Crippen LogP contribution in [0.2, 0.25) is 0 Å². The molecule has 28 heavy (non-hydrogen) atoms. The molecule has 1 aliphatic rings. The first-order chi connectivity index (χ1) is 12.9. The highest BCUT2D eigenvalue weighted by molar-refractivity contribution is 14.0. The van der Waals surface area contributed by atoms with Crippen LogP contribution in [0.4, 0.5) is 0 Å². The maximum Gasteiger partial charge on any atom is 0.191 e. The number of hydrogen-bond donors (Lipinski definition) is 2. The summed E-state index contributed by atoms with van der Waals surface area (Å²) < 4.78 is 11.4. The largest absolute Gasteiger partial charge is 0.496 e. The Hall–Kier alpha value is -1.13. The van der Waals surface area contributed by atoms with Crippen molar-refractivity contribution in [3.63, 3.8) is 0 Å². The summed E-state index contributed by atoms with van der Waals surface area (Å²) in [4.78, 5) is 11.3. The van der Waals surface area contributed by atoms with Gasteiger partial charge in [-0.1, -0.05) is 13.8 Å². The summed E-state index contributed by atoms with van der Waals surface area (Å²) in [6.07, 6.45) is 2.02. The molecule has 1 saturated heterocycles. The van der Waals surface area contributed by atoms with E-state index in [0.717, 1.165) is 61.3 Å². The fourth-order valence-electron chi connectivity index (χ4n) is 3.43. The lowest BCUT2D eigenvalue weighted by molar-refractivity contribution is -0.0284. The molecule has 0 spiro atoms. The molecule has 1 aromatic rings. The molecule has 0 radical (unpaired) electrons. The molecule has 2 rings (SSSR count). The van der Waals surface area contributed by atoms with Crippen molar-refractivity contribution >= 4 is 29.9 Å². The zero-order valence-electron chi connectivity index (χ0n) is 18.0. The average molecular weight is 505 g/mol. The molecule has 1 atom stereocenters. The highest BCUT2D eigenvalue weighted by Gasteiger charge is 2.21. The number of aryl methyl sites for hydroxylation is 1. The molecule has 0 bridgehead atoms. The Morgan fingerprint density at radius 2 is 2.14 bits per heavy atom. The molecule has 1 unspecified atom stereocenters. The zero-order valence-corrected chi connectivity index (χ0v) is 20.4. The minimum atomic E-state index is 0. The van der Waals surface area contributed by atoms with Gasteiger partial charge in [-0.2, -0.15) is 0 Å². The molecule has 0 saturated carbocycles. The van der Waals surface area contributed by atoms with Gasteiger partial charge in [-0.05, 0) is 19.8 Å². The summed E-state index contributed by atoms with van der Waals surface area (Å²) in [5.41, 5.74) is 3.06. The quantitative estimate of drug-likeness (QED) is 0.337. The fraction of sp³-hybridized carbons (Fsp3) is 0.700. The van der Waals surface area contributed by atoms with Gasteiger partial charge in [-0.3, -0.25) is 14.9 Å². The third-order valence-corrected chi connectivity index (χ3v) is 4.74. The van der Waals surface area contributed by atoms with Crippen molar-refractivity contribution in [2.45, 2.75) is 40.3 Å². The van der Waals surface area contributed by atoms with E-state index in [1.165, 1.54) is 0 Å². The maximum atomic E-state index is 5.89. The van der Waals surface area contributed by atoms with Crippen molar-refractivity contribution < 1.29 is 9.47 Å². The summed E-state index contributed by atoms with van der Waals surface area (Å²) in [5, 5.41) is 6.70. The Morgan fingerprint density at radius 3 is 2.79 bits per heavy atom. The van der Waals surface area contributed by atoms with Crippen LogP contribution in [0.25, 0.3) is 0 Å². The number of ether oxygens (including phenoxy) is 2. The number of halogens is 1. The van der Waals surface area contributed by atoms with Crippen molar-refractivity contribution in [1.29, 1.82) is 0 Å². The van der Waals surface area contributed by atoms with Crippen molar-refractivity contribution in [2.75, 3.05) is 46.9 Å². The molecule has 0 amide bonds. The summed E-state index contributed by atoms with van der Waals surface area (Å²) in [5.74, 6) is 2.32. The fourth-order valence-corrected chi connectivity index (χ4v) is 3.43. The van der Waals surface area contributed by atoms with Crippen LogP contribution in [0.5, 0.6) is 5.75 Å². The van der Waals surface area contributed by atoms with E-state index in [1.807, 2.05) is 20.0 Å². The van der Waals surface area contributed by atoms with Gasteiger partial charge in [-0.25, -0.2) is 0 Å². The summed E-state index contributed by atoms with van der Waals surface area (Å²) in [6, 6.07) is 0. The van der Waals surface area contributed by atoms with Crippen LogP contribution in [0, 0.1) is 19.8 Å². The number of hydrogen-bond acceptors (Lipinski definition) is 5. The van der Waals surface area contributed by atoms with Crippen LogP contribution in [-0.2, 0) is 11.3 Å². The second kappa shape index (κ2) is 12.4. The highest BCUT2D eigenvalue weighted by atomic mass is 127. The number of nitrogens with zero attached hydrogens (tertiary/aromatic N) is 3. The zero-order chi connectivity index (χ0) is 19.8. The molecule has 160 valence electrons. The van der Waals surface area contributed by atoms with Gasteiger partial charge in [0.1, 0.15) is 5.75 Å². The first kappa shape index (κ1) is 24.9. The third kappa shape index (κ3) is 7.36. The van der Waals surface area contributed by atoms with Crippen molar-refractivity contribution in [1.82, 2.24) is 20.5 Å². The normalized spacial score (nSPS) is 18.0. The highest BCUT2D eigenvalue weighted by Crippen LogP contribution is 2.23. The molecule has 8 heteroatoms. The van der Waals surface area contributed by atoms with Gasteiger partial charge >= 0.3 is 0 Å². The second-order valence-electron chi connectivity index (χ2n) is 7.50. The Morgan fingerprint density at radius 1 is 1.39 bits per heavy atom. The average Bonchev–Trinajstić information content (AvgIpc) is 2.63. The van der Waals surface area contributed by atoms with Crippen molar-refractivity contribution in [3.05, 3.63) is 23.0 Å². The summed E-state index contributed by atoms with van der Waals surface area (Å²) in [7, 11) is 3.47. The van der Waals surface area contributed by atoms with Crippen molar-refractivity contribution in [3.8, 4) is 5.75 Å². The number of methoxy groups -OCH3 is 1. The molecule has 0 aliphatic carbocycles. The number of morpholine rings is 1. The summed E-state index contributed by atoms with van der Waals surface area (Å²) in [6.45, 7) is 13.7. The van der Waals surface area contributed by atoms with Gasteiger partial charge in [0.15, 0.2) is 5.96 Å². The number of aromatic nitrogens is 1. The number of aliphatic imine (C=N–C) groups is 1. The van der Waals surface area contributed by atoms with Crippen LogP contribution in [-0.4, -0.2) is 68.9 Å². The molecule has 1 fully saturated rings. The number of guanidine groups is 1. The standard InChI is InChI=1S/C20H35N5O2.HI/c1-14(2)12-25-7-8-27-17(13-25)10-23-20(21-5)24-11-18-16(4)19(26-6)15(3)9-22-18;/h9,14,17H,7-8,10-13H2,1-6H3,(H2,21,23,24);1H. The summed E-state index contributed by atoms with van der Waals surface area (Å²) >= 11 is 0. The maximum absolute atomic E-state index is 5.89. The van der Waals surface area contributed by atoms with E-state index in [9.17, 15) is 0 Å². The Kier molecular flexibility index (Phi) is 11.1. The third-order valence-electron chi connectivity index (χ3n) is 4.74. The van der Waals surface area contributed by atoms with Crippen LogP contribution >= 0.6 is 24.0 Å². The molecule has 1 aromatic heterocycles. The van der Waals surface area contributed by atoms with Crippen LogP contribution < -0.4 is 15.4 Å². The Labute approximate surface area is 186 Å². The molecule has 0 aromatic carbocycles. The van der Waals surface area contributed by atoms with Gasteiger partial charge < -0.3 is 20.1 Å². The number of rotatable bonds is 7. The smallest absolute Gasteiger partial charge is 0.191 e. The lowest BCUT2D eigenvalue weighted by Crippen LogP contribution is -2.50. The van der Waals surface area contributed by atoms with Crippen LogP contribution in [0.1, 0.15) is 30.7 Å². The van der Waals surface area contributed by atoms with Gasteiger partial charge in [0.05, 0.1) is 32.1 Å². The molecule has 2 N–H and O–H groups in total. The molecule has 7 nitrogen and oxygen atoms in total. The molecule has 1 aliphatic heterocycles. The van der Waals surface area contributed by atoms with E-state index in [4.69, 9.17) is 9.47 Å². The first-order valence-corrected chi connectivity index (χ1v) is 9.72. The number of pyridine rings is 1.